The van der Waals surface area contributed by atoms with Crippen LogP contribution in [-0.2, 0) is 30.5 Å². The summed E-state index contributed by atoms with van der Waals surface area (Å²) >= 11 is 0. The molecule has 2 heterocycles. The number of fused-ring (bicyclic) bond motifs is 2. The molecule has 1 N–H and O–H groups in total. The van der Waals surface area contributed by atoms with Crippen LogP contribution in [-0.4, -0.2) is 43.4 Å². The molecule has 0 saturated heterocycles. The number of carbonyl (C=O) groups is 2. The predicted molar refractivity (Wildman–Crippen MR) is 138 cm³/mol. The fraction of sp³-hybridized carbons (Fsp3) is 0.310. The van der Waals surface area contributed by atoms with Crippen molar-refractivity contribution in [2.24, 2.45) is 0 Å². The molecule has 202 valence electrons. The Kier molecular flexibility index (Phi) is 6.88. The molecule has 5 rings (SSSR count). The number of aromatic nitrogens is 3. The van der Waals surface area contributed by atoms with E-state index < -0.39 is 29.5 Å². The van der Waals surface area contributed by atoms with Gasteiger partial charge < -0.3 is 10.0 Å². The summed E-state index contributed by atoms with van der Waals surface area (Å²) in [6.07, 6.45) is -4.31. The zero-order valence-electron chi connectivity index (χ0n) is 21.5. The number of alkyl halides is 3. The van der Waals surface area contributed by atoms with Gasteiger partial charge in [-0.1, -0.05) is 41.6 Å². The Balaban J connectivity index is 1.50. The Labute approximate surface area is 222 Å². The van der Waals surface area contributed by atoms with Gasteiger partial charge in [-0.25, -0.2) is 4.68 Å². The maximum absolute atomic E-state index is 13.5. The molecule has 0 spiro atoms. The molecule has 0 fully saturated rings. The monoisotopic (exact) mass is 536 g/mol. The van der Waals surface area contributed by atoms with Crippen molar-refractivity contribution < 1.29 is 27.9 Å². The number of nitrogens with zero attached hydrogens (tertiary/aromatic N) is 4. The summed E-state index contributed by atoms with van der Waals surface area (Å²) in [6, 6.07) is 14.3. The van der Waals surface area contributed by atoms with Crippen molar-refractivity contribution in [3.8, 4) is 0 Å². The highest BCUT2D eigenvalue weighted by Crippen LogP contribution is 2.36. The number of benzene rings is 3. The number of rotatable bonds is 6. The van der Waals surface area contributed by atoms with Gasteiger partial charge in [0.25, 0.3) is 5.91 Å². The number of aliphatic carboxylic acids is 1. The number of halogens is 3. The SMILES string of the molecule is CCn1nnc2c(C)c(C(CC(=O)O)c3ccc4c(c3)CN(C(=O)c3ccccc3C(F)(F)F)CC4)ccc21. The number of aryl methyl sites for hydroxylation is 2. The summed E-state index contributed by atoms with van der Waals surface area (Å²) in [5.41, 5.74) is 4.44. The molecule has 1 aliphatic heterocycles. The average Bonchev–Trinajstić information content (AvgIpc) is 3.35. The lowest BCUT2D eigenvalue weighted by Crippen LogP contribution is -2.37. The molecule has 4 aromatic rings. The summed E-state index contributed by atoms with van der Waals surface area (Å²) in [5, 5.41) is 18.2. The standard InChI is InChI=1S/C29H27F3N4O3/c1-3-36-25-11-10-21(17(2)27(25)33-34-36)23(15-26(37)38)19-9-8-18-12-13-35(16-20(18)14-19)28(39)22-6-4-5-7-24(22)29(30,31)32/h4-11,14,23H,3,12-13,15-16H2,1-2H3,(H,37,38). The van der Waals surface area contributed by atoms with E-state index in [0.29, 0.717) is 25.0 Å². The van der Waals surface area contributed by atoms with Crippen LogP contribution in [0.25, 0.3) is 11.0 Å². The van der Waals surface area contributed by atoms with E-state index in [1.165, 1.54) is 23.1 Å². The van der Waals surface area contributed by atoms with E-state index in [0.717, 1.165) is 39.4 Å². The third-order valence-electron chi connectivity index (χ3n) is 7.43. The predicted octanol–water partition coefficient (Wildman–Crippen LogP) is 5.58. The van der Waals surface area contributed by atoms with Gasteiger partial charge in [-0.05, 0) is 66.3 Å². The Morgan fingerprint density at radius 2 is 1.85 bits per heavy atom. The van der Waals surface area contributed by atoms with Crippen molar-refractivity contribution in [2.75, 3.05) is 6.54 Å². The van der Waals surface area contributed by atoms with Gasteiger partial charge in [0, 0.05) is 25.6 Å². The van der Waals surface area contributed by atoms with E-state index in [1.807, 2.05) is 44.2 Å². The van der Waals surface area contributed by atoms with Crippen LogP contribution in [0.3, 0.4) is 0 Å². The summed E-state index contributed by atoms with van der Waals surface area (Å²) in [7, 11) is 0. The van der Waals surface area contributed by atoms with E-state index in [2.05, 4.69) is 10.3 Å². The highest BCUT2D eigenvalue weighted by Gasteiger charge is 2.36. The van der Waals surface area contributed by atoms with Gasteiger partial charge in [0.2, 0.25) is 0 Å². The third kappa shape index (κ3) is 4.98. The minimum Gasteiger partial charge on any atom is -0.481 e. The lowest BCUT2D eigenvalue weighted by Gasteiger charge is -2.31. The van der Waals surface area contributed by atoms with Crippen LogP contribution >= 0.6 is 0 Å². The van der Waals surface area contributed by atoms with Crippen LogP contribution in [0.15, 0.2) is 54.6 Å². The highest BCUT2D eigenvalue weighted by molar-refractivity contribution is 5.96. The van der Waals surface area contributed by atoms with Crippen LogP contribution in [0.4, 0.5) is 13.2 Å². The van der Waals surface area contributed by atoms with Crippen molar-refractivity contribution in [2.45, 2.75) is 51.9 Å². The molecule has 0 bridgehead atoms. The average molecular weight is 537 g/mol. The van der Waals surface area contributed by atoms with Crippen LogP contribution in [0.2, 0.25) is 0 Å². The molecular formula is C29H27F3N4O3. The molecule has 39 heavy (non-hydrogen) atoms. The Morgan fingerprint density at radius 1 is 1.08 bits per heavy atom. The third-order valence-corrected chi connectivity index (χ3v) is 7.43. The number of amides is 1. The zero-order chi connectivity index (χ0) is 27.9. The number of hydrogen-bond acceptors (Lipinski definition) is 4. The first-order valence-corrected chi connectivity index (χ1v) is 12.7. The smallest absolute Gasteiger partial charge is 0.417 e. The molecule has 0 saturated carbocycles. The zero-order valence-corrected chi connectivity index (χ0v) is 21.5. The first-order chi connectivity index (χ1) is 18.6. The Bertz CT molecular complexity index is 1580. The molecule has 1 aromatic heterocycles. The van der Waals surface area contributed by atoms with Gasteiger partial charge in [0.1, 0.15) is 5.52 Å². The molecular weight excluding hydrogens is 509 g/mol. The Hall–Kier alpha value is -4.21. The minimum absolute atomic E-state index is 0.136. The van der Waals surface area contributed by atoms with Gasteiger partial charge in [0.15, 0.2) is 0 Å². The first-order valence-electron chi connectivity index (χ1n) is 12.7. The van der Waals surface area contributed by atoms with Crippen LogP contribution in [0, 0.1) is 6.92 Å². The van der Waals surface area contributed by atoms with Crippen molar-refractivity contribution >= 4 is 22.9 Å². The van der Waals surface area contributed by atoms with Gasteiger partial charge >= 0.3 is 12.1 Å². The van der Waals surface area contributed by atoms with Crippen molar-refractivity contribution in [3.63, 3.8) is 0 Å². The van der Waals surface area contributed by atoms with Crippen LogP contribution in [0.5, 0.6) is 0 Å². The van der Waals surface area contributed by atoms with Gasteiger partial charge in [0.05, 0.1) is 23.1 Å². The van der Waals surface area contributed by atoms with Crippen molar-refractivity contribution in [3.05, 3.63) is 93.5 Å². The second-order valence-corrected chi connectivity index (χ2v) is 9.75. The quantitative estimate of drug-likeness (QED) is 0.348. The molecule has 3 aromatic carbocycles. The highest BCUT2D eigenvalue weighted by atomic mass is 19.4. The lowest BCUT2D eigenvalue weighted by atomic mass is 9.83. The summed E-state index contributed by atoms with van der Waals surface area (Å²) in [5.74, 6) is -2.13. The molecule has 7 nitrogen and oxygen atoms in total. The number of hydrogen-bond donors (Lipinski definition) is 1. The summed E-state index contributed by atoms with van der Waals surface area (Å²) in [4.78, 5) is 26.5. The fourth-order valence-corrected chi connectivity index (χ4v) is 5.43. The Morgan fingerprint density at radius 3 is 2.56 bits per heavy atom. The second kappa shape index (κ2) is 10.2. The minimum atomic E-state index is -4.64. The molecule has 0 aliphatic carbocycles. The first kappa shape index (κ1) is 26.4. The van der Waals surface area contributed by atoms with Gasteiger partial charge in [-0.15, -0.1) is 5.10 Å². The summed E-state index contributed by atoms with van der Waals surface area (Å²) < 4.78 is 42.4. The van der Waals surface area contributed by atoms with E-state index in [9.17, 15) is 27.9 Å². The maximum atomic E-state index is 13.5. The van der Waals surface area contributed by atoms with E-state index >= 15 is 0 Å². The lowest BCUT2D eigenvalue weighted by molar-refractivity contribution is -0.138. The van der Waals surface area contributed by atoms with Gasteiger partial charge in [-0.3, -0.25) is 9.59 Å². The fourth-order valence-electron chi connectivity index (χ4n) is 5.43. The summed E-state index contributed by atoms with van der Waals surface area (Å²) in [6.45, 7) is 4.95. The van der Waals surface area contributed by atoms with E-state index in [4.69, 9.17) is 0 Å². The second-order valence-electron chi connectivity index (χ2n) is 9.75. The van der Waals surface area contributed by atoms with Crippen LogP contribution < -0.4 is 0 Å². The number of carboxylic acid groups (broad SMARTS) is 1. The number of carbonyl (C=O) groups excluding carboxylic acids is 1. The largest absolute Gasteiger partial charge is 0.481 e. The molecule has 1 atom stereocenters. The van der Waals surface area contributed by atoms with E-state index in [1.54, 1.807) is 4.68 Å². The van der Waals surface area contributed by atoms with Gasteiger partial charge in [-0.2, -0.15) is 13.2 Å². The molecule has 10 heteroatoms. The topological polar surface area (TPSA) is 88.3 Å². The molecule has 1 unspecified atom stereocenters. The maximum Gasteiger partial charge on any atom is 0.417 e. The normalized spacial score (nSPS) is 14.3. The van der Waals surface area contributed by atoms with Crippen molar-refractivity contribution in [1.29, 1.82) is 0 Å². The molecule has 0 radical (unpaired) electrons. The van der Waals surface area contributed by atoms with Crippen molar-refractivity contribution in [1.82, 2.24) is 19.9 Å². The van der Waals surface area contributed by atoms with E-state index in [-0.39, 0.29) is 18.5 Å². The molecule has 1 aliphatic rings. The van der Waals surface area contributed by atoms with Crippen LogP contribution in [0.1, 0.15) is 63.0 Å². The number of carboxylic acids is 1. The molecule has 1 amide bonds.